The van der Waals surface area contributed by atoms with Gasteiger partial charge >= 0.3 is 0 Å². The van der Waals surface area contributed by atoms with Crippen LogP contribution in [0.5, 0.6) is 0 Å². The van der Waals surface area contributed by atoms with Gasteiger partial charge in [-0.1, -0.05) is 18.5 Å². The van der Waals surface area contributed by atoms with Crippen LogP contribution in [0, 0.1) is 5.82 Å². The molecule has 22 heavy (non-hydrogen) atoms. The molecule has 2 rings (SSSR count). The van der Waals surface area contributed by atoms with Crippen LogP contribution in [-0.2, 0) is 0 Å². The lowest BCUT2D eigenvalue weighted by molar-refractivity contribution is 0.0934. The molecule has 2 N–H and O–H groups in total. The van der Waals surface area contributed by atoms with Gasteiger partial charge in [0.05, 0.1) is 5.02 Å². The lowest BCUT2D eigenvalue weighted by Crippen LogP contribution is -2.32. The number of benzene rings is 1. The molecule has 0 bridgehead atoms. The van der Waals surface area contributed by atoms with Gasteiger partial charge in [-0.15, -0.1) is 0 Å². The topological polar surface area (TPSA) is 54.0 Å². The number of nitrogens with zero attached hydrogens (tertiary/aromatic N) is 1. The Bertz CT molecular complexity index is 678. The van der Waals surface area contributed by atoms with Gasteiger partial charge in [-0.05, 0) is 43.7 Å². The van der Waals surface area contributed by atoms with Crippen molar-refractivity contribution in [3.63, 3.8) is 0 Å². The van der Waals surface area contributed by atoms with Crippen LogP contribution in [0.25, 0.3) is 0 Å². The van der Waals surface area contributed by atoms with E-state index in [2.05, 4.69) is 15.6 Å². The smallest absolute Gasteiger partial charge is 0.270 e. The zero-order chi connectivity index (χ0) is 16.1. The van der Waals surface area contributed by atoms with Crippen molar-refractivity contribution in [2.24, 2.45) is 0 Å². The third-order valence-corrected chi connectivity index (χ3v) is 3.48. The highest BCUT2D eigenvalue weighted by molar-refractivity contribution is 6.31. The average Bonchev–Trinajstić information content (AvgIpc) is 2.51. The Labute approximate surface area is 133 Å². The van der Waals surface area contributed by atoms with Crippen LogP contribution in [0.4, 0.5) is 15.8 Å². The van der Waals surface area contributed by atoms with Crippen LogP contribution in [-0.4, -0.2) is 16.9 Å². The Morgan fingerprint density at radius 1 is 1.32 bits per heavy atom. The van der Waals surface area contributed by atoms with E-state index in [1.165, 1.54) is 12.1 Å². The summed E-state index contributed by atoms with van der Waals surface area (Å²) in [6, 6.07) is 7.77. The Morgan fingerprint density at radius 3 is 2.73 bits per heavy atom. The zero-order valence-electron chi connectivity index (χ0n) is 12.4. The number of hydrogen-bond donors (Lipinski definition) is 2. The maximum absolute atomic E-state index is 13.1. The third-order valence-electron chi connectivity index (χ3n) is 3.19. The SMILES string of the molecule is CCC(C)NC(=O)c1cc(Nc2ccc(F)c(Cl)c2)ccn1. The van der Waals surface area contributed by atoms with Crippen molar-refractivity contribution < 1.29 is 9.18 Å². The van der Waals surface area contributed by atoms with Gasteiger partial charge in [0.15, 0.2) is 0 Å². The average molecular weight is 322 g/mol. The van der Waals surface area contributed by atoms with Crippen molar-refractivity contribution in [1.82, 2.24) is 10.3 Å². The molecule has 1 heterocycles. The first-order valence-corrected chi connectivity index (χ1v) is 7.36. The molecule has 0 saturated heterocycles. The standard InChI is InChI=1S/C16H17ClFN3O/c1-3-10(2)20-16(22)15-9-12(6-7-19-15)21-11-4-5-14(18)13(17)8-11/h4-10H,3H2,1-2H3,(H,19,21)(H,20,22). The predicted octanol–water partition coefficient (Wildman–Crippen LogP) is 4.15. The number of aromatic nitrogens is 1. The van der Waals surface area contributed by atoms with Gasteiger partial charge in [-0.3, -0.25) is 9.78 Å². The fourth-order valence-electron chi connectivity index (χ4n) is 1.77. The van der Waals surface area contributed by atoms with Gasteiger partial charge < -0.3 is 10.6 Å². The van der Waals surface area contributed by atoms with E-state index in [1.54, 1.807) is 24.4 Å². The second-order valence-corrected chi connectivity index (χ2v) is 5.37. The van der Waals surface area contributed by atoms with Gasteiger partial charge in [0.1, 0.15) is 11.5 Å². The first-order valence-electron chi connectivity index (χ1n) is 6.98. The summed E-state index contributed by atoms with van der Waals surface area (Å²) in [5, 5.41) is 5.95. The van der Waals surface area contributed by atoms with Crippen molar-refractivity contribution >= 4 is 28.9 Å². The highest BCUT2D eigenvalue weighted by Crippen LogP contribution is 2.22. The molecule has 1 aromatic heterocycles. The summed E-state index contributed by atoms with van der Waals surface area (Å²) in [6.07, 6.45) is 2.39. The van der Waals surface area contributed by atoms with Crippen LogP contribution in [0.1, 0.15) is 30.8 Å². The monoisotopic (exact) mass is 321 g/mol. The summed E-state index contributed by atoms with van der Waals surface area (Å²) in [5.41, 5.74) is 1.62. The van der Waals surface area contributed by atoms with Gasteiger partial charge in [0.2, 0.25) is 0 Å². The van der Waals surface area contributed by atoms with Crippen molar-refractivity contribution in [3.05, 3.63) is 53.1 Å². The molecule has 4 nitrogen and oxygen atoms in total. The second kappa shape index (κ2) is 7.22. The molecule has 2 aromatic rings. The number of amides is 1. The molecule has 0 aliphatic carbocycles. The molecule has 0 aliphatic heterocycles. The predicted molar refractivity (Wildman–Crippen MR) is 86.1 cm³/mol. The minimum Gasteiger partial charge on any atom is -0.355 e. The summed E-state index contributed by atoms with van der Waals surface area (Å²) in [5.74, 6) is -0.703. The number of halogens is 2. The van der Waals surface area contributed by atoms with Crippen molar-refractivity contribution in [2.45, 2.75) is 26.3 Å². The minimum absolute atomic E-state index is 0.0359. The number of carbonyl (C=O) groups excluding carboxylic acids is 1. The van der Waals surface area contributed by atoms with Gasteiger partial charge in [0.25, 0.3) is 5.91 Å². The second-order valence-electron chi connectivity index (χ2n) is 4.97. The van der Waals surface area contributed by atoms with Gasteiger partial charge in [-0.25, -0.2) is 4.39 Å². The van der Waals surface area contributed by atoms with E-state index in [0.717, 1.165) is 6.42 Å². The largest absolute Gasteiger partial charge is 0.355 e. The number of nitrogens with one attached hydrogen (secondary N) is 2. The zero-order valence-corrected chi connectivity index (χ0v) is 13.1. The van der Waals surface area contributed by atoms with E-state index in [-0.39, 0.29) is 17.0 Å². The molecule has 1 amide bonds. The van der Waals surface area contributed by atoms with E-state index in [4.69, 9.17) is 11.6 Å². The maximum atomic E-state index is 13.1. The number of pyridine rings is 1. The Kier molecular flexibility index (Phi) is 5.33. The molecule has 0 fully saturated rings. The molecule has 1 atom stereocenters. The lowest BCUT2D eigenvalue weighted by Gasteiger charge is -2.12. The first-order chi connectivity index (χ1) is 10.5. The summed E-state index contributed by atoms with van der Waals surface area (Å²) in [4.78, 5) is 16.1. The fourth-order valence-corrected chi connectivity index (χ4v) is 1.95. The molecular weight excluding hydrogens is 305 g/mol. The summed E-state index contributed by atoms with van der Waals surface area (Å²) < 4.78 is 13.1. The third kappa shape index (κ3) is 4.18. The first kappa shape index (κ1) is 16.2. The van der Waals surface area contributed by atoms with E-state index in [9.17, 15) is 9.18 Å². The molecule has 6 heteroatoms. The normalized spacial score (nSPS) is 11.8. The number of hydrogen-bond acceptors (Lipinski definition) is 3. The minimum atomic E-state index is -0.476. The molecular formula is C16H17ClFN3O. The number of carbonyl (C=O) groups is 1. The van der Waals surface area contributed by atoms with Gasteiger partial charge in [0, 0.05) is 23.6 Å². The Balaban J connectivity index is 2.14. The van der Waals surface area contributed by atoms with Crippen molar-refractivity contribution in [3.8, 4) is 0 Å². The highest BCUT2D eigenvalue weighted by atomic mass is 35.5. The number of rotatable bonds is 5. The molecule has 0 spiro atoms. The highest BCUT2D eigenvalue weighted by Gasteiger charge is 2.10. The summed E-state index contributed by atoms with van der Waals surface area (Å²) in [6.45, 7) is 3.93. The van der Waals surface area contributed by atoms with Crippen LogP contribution in [0.3, 0.4) is 0 Å². The van der Waals surface area contributed by atoms with Crippen molar-refractivity contribution in [2.75, 3.05) is 5.32 Å². The van der Waals surface area contributed by atoms with Crippen LogP contribution >= 0.6 is 11.6 Å². The van der Waals surface area contributed by atoms with E-state index in [0.29, 0.717) is 17.1 Å². The van der Waals surface area contributed by atoms with Gasteiger partial charge in [-0.2, -0.15) is 0 Å². The van der Waals surface area contributed by atoms with Crippen LogP contribution < -0.4 is 10.6 Å². The van der Waals surface area contributed by atoms with Crippen molar-refractivity contribution in [1.29, 1.82) is 0 Å². The van der Waals surface area contributed by atoms with E-state index >= 15 is 0 Å². The summed E-state index contributed by atoms with van der Waals surface area (Å²) in [7, 11) is 0. The maximum Gasteiger partial charge on any atom is 0.270 e. The quantitative estimate of drug-likeness (QED) is 0.870. The molecule has 0 radical (unpaired) electrons. The summed E-state index contributed by atoms with van der Waals surface area (Å²) >= 11 is 5.74. The fraction of sp³-hybridized carbons (Fsp3) is 0.250. The molecule has 0 aliphatic rings. The molecule has 116 valence electrons. The van der Waals surface area contributed by atoms with Crippen LogP contribution in [0.2, 0.25) is 5.02 Å². The Hall–Kier alpha value is -2.14. The van der Waals surface area contributed by atoms with E-state index < -0.39 is 5.82 Å². The molecule has 1 aromatic carbocycles. The van der Waals surface area contributed by atoms with Crippen LogP contribution in [0.15, 0.2) is 36.5 Å². The number of anilines is 2. The molecule has 1 unspecified atom stereocenters. The Morgan fingerprint density at radius 2 is 2.05 bits per heavy atom. The van der Waals surface area contributed by atoms with E-state index in [1.807, 2.05) is 13.8 Å². The molecule has 0 saturated carbocycles. The lowest BCUT2D eigenvalue weighted by atomic mass is 10.2.